The monoisotopic (exact) mass is 283 g/mol. The van der Waals surface area contributed by atoms with Gasteiger partial charge >= 0.3 is 0 Å². The molecular formula is C15H17N5O. The molecule has 1 N–H and O–H groups in total. The van der Waals surface area contributed by atoms with Gasteiger partial charge in [-0.1, -0.05) is 0 Å². The third kappa shape index (κ3) is 3.95. The number of nitrogens with one attached hydrogen (secondary N) is 1. The second kappa shape index (κ2) is 7.28. The van der Waals surface area contributed by atoms with Crippen LogP contribution in [0, 0.1) is 22.7 Å². The van der Waals surface area contributed by atoms with Gasteiger partial charge in [0, 0.05) is 25.9 Å². The van der Waals surface area contributed by atoms with E-state index in [1.807, 2.05) is 24.3 Å². The van der Waals surface area contributed by atoms with Crippen molar-refractivity contribution < 1.29 is 4.74 Å². The molecule has 2 rings (SSSR count). The number of methoxy groups -OCH3 is 1. The molecule has 0 aromatic heterocycles. The second-order valence-electron chi connectivity index (χ2n) is 4.76. The largest absolute Gasteiger partial charge is 0.381 e. The van der Waals surface area contributed by atoms with Crippen molar-refractivity contribution in [3.05, 3.63) is 24.3 Å². The molecule has 1 aromatic carbocycles. The summed E-state index contributed by atoms with van der Waals surface area (Å²) in [6.07, 6.45) is 2.44. The maximum Gasteiger partial charge on any atom is 0.237 e. The number of piperidine rings is 1. The summed E-state index contributed by atoms with van der Waals surface area (Å²) in [5, 5.41) is 20.9. The highest BCUT2D eigenvalue weighted by Gasteiger charge is 2.18. The summed E-state index contributed by atoms with van der Waals surface area (Å²) in [6.45, 7) is 1.97. The summed E-state index contributed by atoms with van der Waals surface area (Å²) in [7, 11) is 1.76. The maximum absolute atomic E-state index is 8.60. The van der Waals surface area contributed by atoms with Gasteiger partial charge in [0.25, 0.3) is 0 Å². The molecule has 0 amide bonds. The molecule has 1 heterocycles. The summed E-state index contributed by atoms with van der Waals surface area (Å²) in [4.78, 5) is 2.32. The maximum atomic E-state index is 8.60. The van der Waals surface area contributed by atoms with E-state index in [9.17, 15) is 0 Å². The van der Waals surface area contributed by atoms with Gasteiger partial charge in [-0.3, -0.25) is 5.43 Å². The van der Waals surface area contributed by atoms with Crippen LogP contribution in [-0.4, -0.2) is 32.0 Å². The topological polar surface area (TPSA) is 84.4 Å². The van der Waals surface area contributed by atoms with Gasteiger partial charge in [0.05, 0.1) is 11.8 Å². The van der Waals surface area contributed by atoms with Crippen LogP contribution < -0.4 is 10.3 Å². The summed E-state index contributed by atoms with van der Waals surface area (Å²) < 4.78 is 5.37. The van der Waals surface area contributed by atoms with Crippen molar-refractivity contribution in [1.29, 1.82) is 10.5 Å². The fraction of sp³-hybridized carbons (Fsp3) is 0.400. The Balaban J connectivity index is 1.95. The fourth-order valence-electron chi connectivity index (χ4n) is 2.29. The lowest BCUT2D eigenvalue weighted by molar-refractivity contribution is 0.0819. The van der Waals surface area contributed by atoms with Gasteiger partial charge in [-0.05, 0) is 37.1 Å². The van der Waals surface area contributed by atoms with Crippen LogP contribution in [0.25, 0.3) is 0 Å². The van der Waals surface area contributed by atoms with Crippen LogP contribution in [0.4, 0.5) is 11.4 Å². The van der Waals surface area contributed by atoms with Crippen molar-refractivity contribution in [2.45, 2.75) is 18.9 Å². The van der Waals surface area contributed by atoms with E-state index in [0.717, 1.165) is 37.3 Å². The van der Waals surface area contributed by atoms with Crippen LogP contribution >= 0.6 is 0 Å². The van der Waals surface area contributed by atoms with Crippen molar-refractivity contribution in [3.63, 3.8) is 0 Å². The molecule has 1 aromatic rings. The Kier molecular flexibility index (Phi) is 5.14. The first-order valence-electron chi connectivity index (χ1n) is 6.78. The molecule has 0 bridgehead atoms. The molecular weight excluding hydrogens is 266 g/mol. The summed E-state index contributed by atoms with van der Waals surface area (Å²) in [5.74, 6) is 0. The third-order valence-corrected chi connectivity index (χ3v) is 3.52. The molecule has 1 aliphatic rings. The fourth-order valence-corrected chi connectivity index (χ4v) is 2.29. The number of nitrogens with zero attached hydrogens (tertiary/aromatic N) is 4. The molecule has 6 heteroatoms. The zero-order valence-electron chi connectivity index (χ0n) is 11.9. The van der Waals surface area contributed by atoms with Crippen molar-refractivity contribution >= 4 is 17.1 Å². The van der Waals surface area contributed by atoms with Gasteiger partial charge in [-0.15, -0.1) is 0 Å². The number of hydrogen-bond donors (Lipinski definition) is 1. The zero-order valence-corrected chi connectivity index (χ0v) is 11.9. The first kappa shape index (κ1) is 14.8. The second-order valence-corrected chi connectivity index (χ2v) is 4.76. The standard InChI is InChI=1S/C15H17N5O/c1-21-15-6-8-20(9-7-15)14-4-2-12(3-5-14)18-19-13(10-16)11-17/h2-5,15,18H,6-9H2,1H3. The van der Waals surface area contributed by atoms with Crippen LogP contribution in [0.3, 0.4) is 0 Å². The number of rotatable bonds is 4. The molecule has 0 saturated carbocycles. The average Bonchev–Trinajstić information content (AvgIpc) is 2.56. The SMILES string of the molecule is COC1CCN(c2ccc(NN=C(C#N)C#N)cc2)CC1. The van der Waals surface area contributed by atoms with E-state index in [1.165, 1.54) is 0 Å². The average molecular weight is 283 g/mol. The summed E-state index contributed by atoms with van der Waals surface area (Å²) >= 11 is 0. The molecule has 0 spiro atoms. The van der Waals surface area contributed by atoms with E-state index < -0.39 is 0 Å². The van der Waals surface area contributed by atoms with Crippen LogP contribution in [0.15, 0.2) is 29.4 Å². The molecule has 0 radical (unpaired) electrons. The minimum atomic E-state index is -0.194. The van der Waals surface area contributed by atoms with Crippen molar-refractivity contribution in [2.24, 2.45) is 5.10 Å². The Labute approximate surface area is 124 Å². The Morgan fingerprint density at radius 2 is 1.86 bits per heavy atom. The van der Waals surface area contributed by atoms with E-state index in [2.05, 4.69) is 15.4 Å². The Morgan fingerprint density at radius 3 is 2.38 bits per heavy atom. The number of hydrogen-bond acceptors (Lipinski definition) is 6. The molecule has 1 fully saturated rings. The van der Waals surface area contributed by atoms with Crippen LogP contribution in [-0.2, 0) is 4.74 Å². The highest BCUT2D eigenvalue weighted by molar-refractivity contribution is 6.10. The van der Waals surface area contributed by atoms with Gasteiger partial charge < -0.3 is 9.64 Å². The Morgan fingerprint density at radius 1 is 1.24 bits per heavy atom. The number of anilines is 2. The van der Waals surface area contributed by atoms with Gasteiger partial charge in [0.2, 0.25) is 5.71 Å². The van der Waals surface area contributed by atoms with Crippen molar-refractivity contribution in [3.8, 4) is 12.1 Å². The highest BCUT2D eigenvalue weighted by atomic mass is 16.5. The normalized spacial score (nSPS) is 14.9. The molecule has 0 aliphatic carbocycles. The molecule has 21 heavy (non-hydrogen) atoms. The first-order valence-corrected chi connectivity index (χ1v) is 6.78. The minimum Gasteiger partial charge on any atom is -0.381 e. The van der Waals surface area contributed by atoms with Gasteiger partial charge in [0.1, 0.15) is 12.1 Å². The molecule has 0 unspecified atom stereocenters. The van der Waals surface area contributed by atoms with Crippen molar-refractivity contribution in [1.82, 2.24) is 0 Å². The number of nitriles is 2. The smallest absolute Gasteiger partial charge is 0.237 e. The molecule has 108 valence electrons. The molecule has 1 saturated heterocycles. The summed E-state index contributed by atoms with van der Waals surface area (Å²) in [5.41, 5.74) is 4.40. The van der Waals surface area contributed by atoms with Gasteiger partial charge in [-0.25, -0.2) is 0 Å². The highest BCUT2D eigenvalue weighted by Crippen LogP contribution is 2.22. The van der Waals surface area contributed by atoms with Crippen LogP contribution in [0.2, 0.25) is 0 Å². The molecule has 0 atom stereocenters. The van der Waals surface area contributed by atoms with Gasteiger partial charge in [0.15, 0.2) is 0 Å². The van der Waals surface area contributed by atoms with Gasteiger partial charge in [-0.2, -0.15) is 15.6 Å². The first-order chi connectivity index (χ1) is 10.3. The number of benzene rings is 1. The quantitative estimate of drug-likeness (QED) is 0.675. The van der Waals surface area contributed by atoms with E-state index in [4.69, 9.17) is 15.3 Å². The Hall–Kier alpha value is -2.57. The number of hydrazone groups is 1. The third-order valence-electron chi connectivity index (χ3n) is 3.52. The van der Waals surface area contributed by atoms with E-state index in [0.29, 0.717) is 6.10 Å². The lowest BCUT2D eigenvalue weighted by Crippen LogP contribution is -2.36. The Bertz CT molecular complexity index is 558. The molecule has 1 aliphatic heterocycles. The van der Waals surface area contributed by atoms with E-state index >= 15 is 0 Å². The predicted molar refractivity (Wildman–Crippen MR) is 81.0 cm³/mol. The lowest BCUT2D eigenvalue weighted by atomic mass is 10.1. The van der Waals surface area contributed by atoms with E-state index in [-0.39, 0.29) is 5.71 Å². The number of ether oxygens (including phenoxy) is 1. The van der Waals surface area contributed by atoms with Crippen LogP contribution in [0.1, 0.15) is 12.8 Å². The zero-order chi connectivity index (χ0) is 15.1. The van der Waals surface area contributed by atoms with Crippen molar-refractivity contribution in [2.75, 3.05) is 30.5 Å². The van der Waals surface area contributed by atoms with Crippen LogP contribution in [0.5, 0.6) is 0 Å². The predicted octanol–water partition coefficient (Wildman–Crippen LogP) is 2.12. The van der Waals surface area contributed by atoms with E-state index in [1.54, 1.807) is 19.2 Å². The lowest BCUT2D eigenvalue weighted by Gasteiger charge is -2.33. The summed E-state index contributed by atoms with van der Waals surface area (Å²) in [6, 6.07) is 11.2. The molecule has 6 nitrogen and oxygen atoms in total. The minimum absolute atomic E-state index is 0.194.